The van der Waals surface area contributed by atoms with Crippen molar-refractivity contribution in [2.24, 2.45) is 0 Å². The molecule has 3 aromatic rings. The van der Waals surface area contributed by atoms with E-state index >= 15 is 0 Å². The fourth-order valence-electron chi connectivity index (χ4n) is 3.23. The average Bonchev–Trinajstić information content (AvgIpc) is 3.02. The molecule has 1 aliphatic rings. The zero-order valence-corrected chi connectivity index (χ0v) is 15.7. The van der Waals surface area contributed by atoms with Crippen molar-refractivity contribution < 1.29 is 14.3 Å². The van der Waals surface area contributed by atoms with Crippen molar-refractivity contribution in [3.8, 4) is 17.0 Å². The van der Waals surface area contributed by atoms with Gasteiger partial charge in [-0.1, -0.05) is 18.2 Å². The highest BCUT2D eigenvalue weighted by atomic mass is 16.5. The van der Waals surface area contributed by atoms with Crippen LogP contribution in [0.2, 0.25) is 0 Å². The summed E-state index contributed by atoms with van der Waals surface area (Å²) in [5.41, 5.74) is 4.90. The Bertz CT molecular complexity index is 1070. The summed E-state index contributed by atoms with van der Waals surface area (Å²) < 4.78 is 7.86. The van der Waals surface area contributed by atoms with Crippen LogP contribution in [0.3, 0.4) is 0 Å². The highest BCUT2D eigenvalue weighted by Crippen LogP contribution is 2.30. The van der Waals surface area contributed by atoms with Gasteiger partial charge in [-0.15, -0.1) is 0 Å². The number of nitrogens with one attached hydrogen (secondary N) is 2. The maximum absolute atomic E-state index is 11.9. The predicted molar refractivity (Wildman–Crippen MR) is 105 cm³/mol. The monoisotopic (exact) mass is 376 g/mol. The van der Waals surface area contributed by atoms with E-state index < -0.39 is 0 Å². The summed E-state index contributed by atoms with van der Waals surface area (Å²) in [6.07, 6.45) is 0. The molecule has 2 N–H and O–H groups in total. The number of anilines is 1. The first-order valence-corrected chi connectivity index (χ1v) is 8.96. The number of carbonyl (C=O) groups excluding carboxylic acids is 2. The van der Waals surface area contributed by atoms with Crippen molar-refractivity contribution in [1.29, 1.82) is 0 Å². The number of hydrogen-bond acceptors (Lipinski definition) is 4. The number of ether oxygens (including phenoxy) is 1. The van der Waals surface area contributed by atoms with Crippen molar-refractivity contribution in [2.75, 3.05) is 12.4 Å². The van der Waals surface area contributed by atoms with Gasteiger partial charge in [0, 0.05) is 42.4 Å². The van der Waals surface area contributed by atoms with Crippen LogP contribution in [-0.4, -0.2) is 28.6 Å². The molecule has 0 fully saturated rings. The van der Waals surface area contributed by atoms with E-state index in [0.29, 0.717) is 24.4 Å². The Morgan fingerprint density at radius 1 is 1.14 bits per heavy atom. The number of carbonyl (C=O) groups is 2. The lowest BCUT2D eigenvalue weighted by Gasteiger charge is -2.09. The molecule has 7 heteroatoms. The van der Waals surface area contributed by atoms with Crippen LogP contribution >= 0.6 is 0 Å². The summed E-state index contributed by atoms with van der Waals surface area (Å²) in [7, 11) is 1.61. The zero-order chi connectivity index (χ0) is 19.7. The molecule has 7 nitrogen and oxygen atoms in total. The van der Waals surface area contributed by atoms with E-state index in [1.54, 1.807) is 13.1 Å². The standard InChI is InChI=1S/C21H20N4O3/c1-13(26)23-17-7-6-16-11-25-18(12-28-20(16)9-17)10-19(24-25)14-4-3-5-15(8-14)21(27)22-2/h3-10H,11-12H2,1-2H3,(H,22,27)(H,23,26). The topological polar surface area (TPSA) is 85.3 Å². The SMILES string of the molecule is CNC(=O)c1cccc(-c2cc3n(n2)Cc2ccc(NC(C)=O)cc2OC3)c1. The highest BCUT2D eigenvalue weighted by molar-refractivity contribution is 5.95. The second-order valence-corrected chi connectivity index (χ2v) is 6.63. The molecule has 2 heterocycles. The quantitative estimate of drug-likeness (QED) is 0.736. The summed E-state index contributed by atoms with van der Waals surface area (Å²) in [6, 6.07) is 15.0. The summed E-state index contributed by atoms with van der Waals surface area (Å²) in [4.78, 5) is 23.1. The van der Waals surface area contributed by atoms with E-state index in [2.05, 4.69) is 10.6 Å². The molecule has 0 aliphatic carbocycles. The number of amides is 2. The van der Waals surface area contributed by atoms with Crippen LogP contribution in [0.5, 0.6) is 5.75 Å². The predicted octanol–water partition coefficient (Wildman–Crippen LogP) is 2.81. The largest absolute Gasteiger partial charge is 0.487 e. The molecular weight excluding hydrogens is 356 g/mol. The van der Waals surface area contributed by atoms with Gasteiger partial charge in [0.1, 0.15) is 12.4 Å². The summed E-state index contributed by atoms with van der Waals surface area (Å²) in [6.45, 7) is 2.42. The second kappa shape index (κ2) is 7.19. The smallest absolute Gasteiger partial charge is 0.251 e. The number of rotatable bonds is 3. The first kappa shape index (κ1) is 17.8. The van der Waals surface area contributed by atoms with Gasteiger partial charge in [0.15, 0.2) is 0 Å². The second-order valence-electron chi connectivity index (χ2n) is 6.63. The lowest BCUT2D eigenvalue weighted by atomic mass is 10.1. The van der Waals surface area contributed by atoms with Crippen LogP contribution in [-0.2, 0) is 17.9 Å². The Hall–Kier alpha value is -3.61. The first-order chi connectivity index (χ1) is 13.5. The number of fused-ring (bicyclic) bond motifs is 2. The molecule has 0 radical (unpaired) electrons. The Morgan fingerprint density at radius 2 is 2.00 bits per heavy atom. The molecule has 0 saturated heterocycles. The van der Waals surface area contributed by atoms with Crippen LogP contribution in [0.1, 0.15) is 28.5 Å². The van der Waals surface area contributed by atoms with E-state index in [1.807, 2.05) is 47.1 Å². The number of aromatic nitrogens is 2. The molecular formula is C21H20N4O3. The molecule has 4 rings (SSSR count). The normalized spacial score (nSPS) is 12.2. The minimum atomic E-state index is -0.130. The molecule has 0 unspecified atom stereocenters. The lowest BCUT2D eigenvalue weighted by Crippen LogP contribution is -2.17. The van der Waals surface area contributed by atoms with Crippen LogP contribution in [0, 0.1) is 0 Å². The maximum Gasteiger partial charge on any atom is 0.251 e. The number of benzene rings is 2. The molecule has 0 bridgehead atoms. The molecule has 28 heavy (non-hydrogen) atoms. The maximum atomic E-state index is 11.9. The first-order valence-electron chi connectivity index (χ1n) is 8.96. The summed E-state index contributed by atoms with van der Waals surface area (Å²) in [5.74, 6) is 0.486. The van der Waals surface area contributed by atoms with Gasteiger partial charge in [0.05, 0.1) is 17.9 Å². The van der Waals surface area contributed by atoms with Crippen molar-refractivity contribution in [3.05, 3.63) is 65.4 Å². The molecule has 1 aromatic heterocycles. The fourth-order valence-corrected chi connectivity index (χ4v) is 3.23. The van der Waals surface area contributed by atoms with Gasteiger partial charge in [-0.25, -0.2) is 0 Å². The lowest BCUT2D eigenvalue weighted by molar-refractivity contribution is -0.114. The van der Waals surface area contributed by atoms with Crippen molar-refractivity contribution in [3.63, 3.8) is 0 Å². The molecule has 0 atom stereocenters. The van der Waals surface area contributed by atoms with Crippen molar-refractivity contribution >= 4 is 17.5 Å². The van der Waals surface area contributed by atoms with E-state index in [-0.39, 0.29) is 11.8 Å². The van der Waals surface area contributed by atoms with Crippen LogP contribution in [0.25, 0.3) is 11.3 Å². The van der Waals surface area contributed by atoms with E-state index in [4.69, 9.17) is 9.84 Å². The van der Waals surface area contributed by atoms with Crippen LogP contribution in [0.4, 0.5) is 5.69 Å². The van der Waals surface area contributed by atoms with Crippen LogP contribution in [0.15, 0.2) is 48.5 Å². The third kappa shape index (κ3) is 3.46. The summed E-state index contributed by atoms with van der Waals surface area (Å²) >= 11 is 0. The van der Waals surface area contributed by atoms with Crippen molar-refractivity contribution in [2.45, 2.75) is 20.1 Å². The van der Waals surface area contributed by atoms with Gasteiger partial charge < -0.3 is 15.4 Å². The van der Waals surface area contributed by atoms with E-state index in [9.17, 15) is 9.59 Å². The van der Waals surface area contributed by atoms with Crippen molar-refractivity contribution in [1.82, 2.24) is 15.1 Å². The number of nitrogens with zero attached hydrogens (tertiary/aromatic N) is 2. The Labute approximate surface area is 162 Å². The average molecular weight is 376 g/mol. The minimum absolute atomic E-state index is 0.120. The molecule has 2 aromatic carbocycles. The van der Waals surface area contributed by atoms with Gasteiger partial charge >= 0.3 is 0 Å². The molecule has 142 valence electrons. The van der Waals surface area contributed by atoms with Gasteiger partial charge in [-0.2, -0.15) is 5.10 Å². The van der Waals surface area contributed by atoms with Gasteiger partial charge in [0.25, 0.3) is 5.91 Å². The van der Waals surface area contributed by atoms with E-state index in [0.717, 1.165) is 28.3 Å². The van der Waals surface area contributed by atoms with Crippen LogP contribution < -0.4 is 15.4 Å². The summed E-state index contributed by atoms with van der Waals surface area (Å²) in [5, 5.41) is 10.1. The number of hydrogen-bond donors (Lipinski definition) is 2. The third-order valence-electron chi connectivity index (χ3n) is 4.59. The van der Waals surface area contributed by atoms with Gasteiger partial charge in [-0.05, 0) is 24.3 Å². The van der Waals surface area contributed by atoms with E-state index in [1.165, 1.54) is 6.92 Å². The highest BCUT2D eigenvalue weighted by Gasteiger charge is 2.18. The Balaban J connectivity index is 1.63. The zero-order valence-electron chi connectivity index (χ0n) is 15.7. The Morgan fingerprint density at radius 3 is 2.79 bits per heavy atom. The molecule has 0 spiro atoms. The minimum Gasteiger partial charge on any atom is -0.487 e. The molecule has 1 aliphatic heterocycles. The fraction of sp³-hybridized carbons (Fsp3) is 0.190. The Kier molecular flexibility index (Phi) is 4.57. The third-order valence-corrected chi connectivity index (χ3v) is 4.59. The van der Waals surface area contributed by atoms with Gasteiger partial charge in [-0.3, -0.25) is 14.3 Å². The van der Waals surface area contributed by atoms with Gasteiger partial charge in [0.2, 0.25) is 5.91 Å². The molecule has 2 amide bonds. The molecule has 0 saturated carbocycles.